The first-order valence-electron chi connectivity index (χ1n) is 9.32. The number of nitrogens with zero attached hydrogens (tertiary/aromatic N) is 1. The van der Waals surface area contributed by atoms with Crippen molar-refractivity contribution in [1.29, 1.82) is 0 Å². The Bertz CT molecular complexity index is 1130. The SMILES string of the molecule is CC(=O)Nc1ccc(C)cc1S(=O)(=O)NCc1cccn1Cc1cccc(C)c1. The summed E-state index contributed by atoms with van der Waals surface area (Å²) in [6.07, 6.45) is 1.93. The van der Waals surface area contributed by atoms with Crippen molar-refractivity contribution in [2.75, 3.05) is 5.32 Å². The summed E-state index contributed by atoms with van der Waals surface area (Å²) in [5.74, 6) is -0.322. The maximum Gasteiger partial charge on any atom is 0.242 e. The molecule has 0 aliphatic carbocycles. The molecular formula is C22H25N3O3S. The van der Waals surface area contributed by atoms with Gasteiger partial charge in [0.1, 0.15) is 4.90 Å². The maximum absolute atomic E-state index is 12.9. The van der Waals surface area contributed by atoms with Gasteiger partial charge in [0.15, 0.2) is 0 Å². The predicted molar refractivity (Wildman–Crippen MR) is 114 cm³/mol. The molecule has 6 nitrogen and oxygen atoms in total. The third kappa shape index (κ3) is 5.34. The quantitative estimate of drug-likeness (QED) is 0.623. The van der Waals surface area contributed by atoms with E-state index in [0.29, 0.717) is 6.54 Å². The molecule has 3 aromatic rings. The minimum absolute atomic E-state index is 0.0597. The zero-order valence-corrected chi connectivity index (χ0v) is 17.6. The largest absolute Gasteiger partial charge is 0.346 e. The fraction of sp³-hybridized carbons (Fsp3) is 0.227. The van der Waals surface area contributed by atoms with Crippen molar-refractivity contribution in [2.24, 2.45) is 0 Å². The fourth-order valence-electron chi connectivity index (χ4n) is 3.16. The first kappa shape index (κ1) is 20.8. The summed E-state index contributed by atoms with van der Waals surface area (Å²) in [5, 5.41) is 2.59. The van der Waals surface area contributed by atoms with Crippen molar-refractivity contribution in [1.82, 2.24) is 9.29 Å². The number of benzene rings is 2. The Hall–Kier alpha value is -2.90. The highest BCUT2D eigenvalue weighted by Gasteiger charge is 2.20. The molecule has 2 N–H and O–H groups in total. The summed E-state index contributed by atoms with van der Waals surface area (Å²) in [6, 6.07) is 16.9. The topological polar surface area (TPSA) is 80.2 Å². The Labute approximate surface area is 171 Å². The van der Waals surface area contributed by atoms with Crippen molar-refractivity contribution in [3.8, 4) is 0 Å². The summed E-state index contributed by atoms with van der Waals surface area (Å²) < 4.78 is 30.5. The van der Waals surface area contributed by atoms with Crippen molar-refractivity contribution >= 4 is 21.6 Å². The number of aromatic nitrogens is 1. The van der Waals surface area contributed by atoms with Crippen LogP contribution in [-0.4, -0.2) is 18.9 Å². The average molecular weight is 412 g/mol. The van der Waals surface area contributed by atoms with Crippen LogP contribution in [-0.2, 0) is 27.9 Å². The number of carbonyl (C=O) groups is 1. The van der Waals surface area contributed by atoms with Gasteiger partial charge in [-0.15, -0.1) is 0 Å². The zero-order chi connectivity index (χ0) is 21.0. The Morgan fingerprint density at radius 3 is 2.48 bits per heavy atom. The van der Waals surface area contributed by atoms with Gasteiger partial charge in [-0.1, -0.05) is 35.9 Å². The van der Waals surface area contributed by atoms with Crippen molar-refractivity contribution in [2.45, 2.75) is 38.8 Å². The molecule has 0 atom stereocenters. The molecule has 2 aromatic carbocycles. The van der Waals surface area contributed by atoms with Crippen LogP contribution in [0.25, 0.3) is 0 Å². The van der Waals surface area contributed by atoms with Crippen LogP contribution in [0.2, 0.25) is 0 Å². The molecule has 152 valence electrons. The molecule has 29 heavy (non-hydrogen) atoms. The van der Waals surface area contributed by atoms with Crippen LogP contribution in [0.1, 0.15) is 29.3 Å². The van der Waals surface area contributed by atoms with Crippen molar-refractivity contribution in [3.63, 3.8) is 0 Å². The van der Waals surface area contributed by atoms with Crippen LogP contribution < -0.4 is 10.0 Å². The van der Waals surface area contributed by atoms with Crippen molar-refractivity contribution in [3.05, 3.63) is 83.2 Å². The molecule has 1 heterocycles. The predicted octanol–water partition coefficient (Wildman–Crippen LogP) is 3.59. The Kier molecular flexibility index (Phi) is 6.20. The minimum atomic E-state index is -3.81. The summed E-state index contributed by atoms with van der Waals surface area (Å²) in [7, 11) is -3.81. The summed E-state index contributed by atoms with van der Waals surface area (Å²) in [4.78, 5) is 11.5. The van der Waals surface area contributed by atoms with E-state index in [9.17, 15) is 13.2 Å². The lowest BCUT2D eigenvalue weighted by Crippen LogP contribution is -2.26. The third-order valence-corrected chi connectivity index (χ3v) is 5.98. The molecule has 1 amide bonds. The molecule has 0 spiro atoms. The normalized spacial score (nSPS) is 11.4. The van der Waals surface area contributed by atoms with Crippen LogP contribution in [0.5, 0.6) is 0 Å². The average Bonchev–Trinajstić information content (AvgIpc) is 3.08. The molecule has 0 aliphatic heterocycles. The van der Waals surface area contributed by atoms with E-state index in [2.05, 4.69) is 16.1 Å². The molecule has 0 bridgehead atoms. The lowest BCUT2D eigenvalue weighted by Gasteiger charge is -2.14. The van der Waals surface area contributed by atoms with Crippen LogP contribution in [0.3, 0.4) is 0 Å². The van der Waals surface area contributed by atoms with Gasteiger partial charge in [-0.2, -0.15) is 0 Å². The second kappa shape index (κ2) is 8.63. The molecule has 7 heteroatoms. The van der Waals surface area contributed by atoms with Gasteiger partial charge >= 0.3 is 0 Å². The summed E-state index contributed by atoms with van der Waals surface area (Å²) >= 11 is 0. The molecule has 0 aliphatic rings. The number of hydrogen-bond acceptors (Lipinski definition) is 3. The highest BCUT2D eigenvalue weighted by Crippen LogP contribution is 2.23. The molecule has 1 aromatic heterocycles. The molecule has 0 fully saturated rings. The van der Waals surface area contributed by atoms with Gasteiger partial charge in [0.05, 0.1) is 12.2 Å². The molecular weight excluding hydrogens is 386 g/mol. The highest BCUT2D eigenvalue weighted by molar-refractivity contribution is 7.89. The van der Waals surface area contributed by atoms with Crippen molar-refractivity contribution < 1.29 is 13.2 Å². The monoisotopic (exact) mass is 411 g/mol. The highest BCUT2D eigenvalue weighted by atomic mass is 32.2. The minimum Gasteiger partial charge on any atom is -0.346 e. The fourth-order valence-corrected chi connectivity index (χ4v) is 4.41. The van der Waals surface area contributed by atoms with Crippen LogP contribution in [0.15, 0.2) is 65.7 Å². The van der Waals surface area contributed by atoms with E-state index in [1.165, 1.54) is 12.5 Å². The van der Waals surface area contributed by atoms with Crippen LogP contribution in [0.4, 0.5) is 5.69 Å². The van der Waals surface area contributed by atoms with Gasteiger partial charge in [-0.25, -0.2) is 13.1 Å². The number of hydrogen-bond donors (Lipinski definition) is 2. The summed E-state index contributed by atoms with van der Waals surface area (Å²) in [6.45, 7) is 6.01. The number of sulfonamides is 1. The maximum atomic E-state index is 12.9. The number of anilines is 1. The Morgan fingerprint density at radius 2 is 1.76 bits per heavy atom. The van der Waals surface area contributed by atoms with E-state index in [1.807, 2.05) is 54.9 Å². The summed E-state index contributed by atoms with van der Waals surface area (Å²) in [5.41, 5.74) is 4.25. The lowest BCUT2D eigenvalue weighted by molar-refractivity contribution is -0.114. The first-order chi connectivity index (χ1) is 13.7. The van der Waals surface area contributed by atoms with Gasteiger partial charge in [0.25, 0.3) is 0 Å². The van der Waals surface area contributed by atoms with E-state index in [0.717, 1.165) is 16.8 Å². The number of carbonyl (C=O) groups excluding carboxylic acids is 1. The van der Waals surface area contributed by atoms with Gasteiger partial charge in [-0.05, 0) is 49.2 Å². The number of amides is 1. The van der Waals surface area contributed by atoms with E-state index in [1.54, 1.807) is 18.2 Å². The van der Waals surface area contributed by atoms with Crippen LogP contribution in [0, 0.1) is 13.8 Å². The van der Waals surface area contributed by atoms with E-state index in [4.69, 9.17) is 0 Å². The molecule has 0 saturated heterocycles. The number of nitrogens with one attached hydrogen (secondary N) is 2. The van der Waals surface area contributed by atoms with Gasteiger partial charge in [0, 0.05) is 25.4 Å². The van der Waals surface area contributed by atoms with Gasteiger partial charge in [-0.3, -0.25) is 4.79 Å². The van der Waals surface area contributed by atoms with E-state index < -0.39 is 10.0 Å². The molecule has 3 rings (SSSR count). The number of rotatable bonds is 7. The Balaban J connectivity index is 1.79. The van der Waals surface area contributed by atoms with Crippen LogP contribution >= 0.6 is 0 Å². The standard InChI is InChI=1S/C22H25N3O3S/c1-16-6-4-7-19(12-16)15-25-11-5-8-20(25)14-23-29(27,28)22-13-17(2)9-10-21(22)24-18(3)26/h4-13,23H,14-15H2,1-3H3,(H,24,26). The molecule has 0 unspecified atom stereocenters. The lowest BCUT2D eigenvalue weighted by atomic mass is 10.1. The second-order valence-corrected chi connectivity index (χ2v) is 8.86. The first-order valence-corrected chi connectivity index (χ1v) is 10.8. The zero-order valence-electron chi connectivity index (χ0n) is 16.8. The number of aryl methyl sites for hydroxylation is 2. The molecule has 0 radical (unpaired) electrons. The van der Waals surface area contributed by atoms with Gasteiger partial charge < -0.3 is 9.88 Å². The molecule has 0 saturated carbocycles. The van der Waals surface area contributed by atoms with E-state index in [-0.39, 0.29) is 23.0 Å². The third-order valence-electron chi connectivity index (χ3n) is 4.54. The van der Waals surface area contributed by atoms with E-state index >= 15 is 0 Å². The smallest absolute Gasteiger partial charge is 0.242 e. The Morgan fingerprint density at radius 1 is 1.00 bits per heavy atom. The second-order valence-electron chi connectivity index (χ2n) is 7.12. The van der Waals surface area contributed by atoms with Gasteiger partial charge in [0.2, 0.25) is 15.9 Å².